The number of aromatic nitrogens is 3. The summed E-state index contributed by atoms with van der Waals surface area (Å²) in [5.74, 6) is 0. The number of hydrogen-bond donors (Lipinski definition) is 0. The molecule has 2 unspecified atom stereocenters. The monoisotopic (exact) mass is 620 g/mol. The fourth-order valence-electron chi connectivity index (χ4n) is 4.56. The number of aryl methyl sites for hydroxylation is 1. The second kappa shape index (κ2) is 20.4. The first-order chi connectivity index (χ1) is 20.7. The third-order valence-corrected chi connectivity index (χ3v) is 8.75. The molecule has 0 aliphatic carbocycles. The summed E-state index contributed by atoms with van der Waals surface area (Å²) in [4.78, 5) is 11.3. The van der Waals surface area contributed by atoms with E-state index in [1.165, 1.54) is 25.3 Å². The van der Waals surface area contributed by atoms with Crippen LogP contribution in [0.15, 0.2) is 24.4 Å². The molecule has 0 bridgehead atoms. The van der Waals surface area contributed by atoms with Gasteiger partial charge in [0.1, 0.15) is 6.79 Å². The predicted octanol–water partition coefficient (Wildman–Crippen LogP) is 7.09. The van der Waals surface area contributed by atoms with Crippen molar-refractivity contribution >= 4 is 14.2 Å². The Kier molecular flexibility index (Phi) is 17.4. The summed E-state index contributed by atoms with van der Waals surface area (Å²) in [5, 5.41) is 29.1. The Morgan fingerprint density at radius 1 is 1.07 bits per heavy atom. The maximum Gasteiger partial charge on any atom is 0.275 e. The first-order valence-electron chi connectivity index (χ1n) is 15.2. The number of rotatable bonds is 23. The summed E-state index contributed by atoms with van der Waals surface area (Å²) in [7, 11) is -1.29. The number of nitro groups is 1. The van der Waals surface area contributed by atoms with Crippen LogP contribution in [0.3, 0.4) is 0 Å². The normalized spacial score (nSPS) is 13.1. The molecule has 1 aromatic carbocycles. The zero-order valence-electron chi connectivity index (χ0n) is 26.6. The average molecular weight is 621 g/mol. The number of nitrogens with zero attached hydrogens (tertiary/aromatic N) is 6. The van der Waals surface area contributed by atoms with Gasteiger partial charge in [-0.15, -0.1) is 5.10 Å². The van der Waals surface area contributed by atoms with Gasteiger partial charge in [-0.2, -0.15) is 5.26 Å². The molecular weight excluding hydrogens is 571 g/mol. The van der Waals surface area contributed by atoms with Gasteiger partial charge in [0.05, 0.1) is 61.1 Å². The summed E-state index contributed by atoms with van der Waals surface area (Å²) >= 11 is 0. The highest BCUT2D eigenvalue weighted by atomic mass is 31.2. The molecule has 0 radical (unpaired) electrons. The van der Waals surface area contributed by atoms with Crippen LogP contribution in [0.1, 0.15) is 103 Å². The molecule has 0 spiro atoms. The summed E-state index contributed by atoms with van der Waals surface area (Å²) in [6, 6.07) is 7.61. The van der Waals surface area contributed by atoms with Crippen LogP contribution in [-0.2, 0) is 31.5 Å². The van der Waals surface area contributed by atoms with Gasteiger partial charge in [0.2, 0.25) is 0 Å². The van der Waals surface area contributed by atoms with Crippen molar-refractivity contribution in [2.75, 3.05) is 26.6 Å². The van der Waals surface area contributed by atoms with E-state index >= 15 is 0 Å². The molecule has 0 fully saturated rings. The van der Waals surface area contributed by atoms with E-state index in [0.717, 1.165) is 24.1 Å². The molecule has 240 valence electrons. The molecule has 0 aliphatic heterocycles. The van der Waals surface area contributed by atoms with Crippen molar-refractivity contribution in [2.45, 2.75) is 111 Å². The molecule has 0 N–H and O–H groups in total. The fourth-order valence-corrected chi connectivity index (χ4v) is 6.19. The van der Waals surface area contributed by atoms with Gasteiger partial charge in [0, 0.05) is 24.3 Å². The van der Waals surface area contributed by atoms with Crippen LogP contribution in [-0.4, -0.2) is 63.3 Å². The molecule has 12 nitrogen and oxygen atoms in total. The highest BCUT2D eigenvalue weighted by molar-refractivity contribution is 7.44. The first-order valence-corrected chi connectivity index (χ1v) is 16.4. The standard InChI is InChI=1S/C30H49N6O6P/c1-7-8-9-10-13-28-22-34(33-32-28)21-27-14-15-30(36(37)38)29(20-27)26(6)40-23-39-17-12-19-42-43(41-18-11-16-31)35(24(2)3)25(4)5/h14-15,20,22,24-26H,7-13,17-19,21,23H2,1-6H3. The second-order valence-corrected chi connectivity index (χ2v) is 12.4. The molecule has 43 heavy (non-hydrogen) atoms. The Labute approximate surface area is 257 Å². The van der Waals surface area contributed by atoms with Crippen molar-refractivity contribution < 1.29 is 23.4 Å². The molecule has 1 heterocycles. The van der Waals surface area contributed by atoms with Crippen molar-refractivity contribution in [2.24, 2.45) is 0 Å². The van der Waals surface area contributed by atoms with Crippen molar-refractivity contribution in [3.63, 3.8) is 0 Å². The van der Waals surface area contributed by atoms with E-state index in [-0.39, 0.29) is 24.6 Å². The molecule has 0 aliphatic rings. The molecule has 2 atom stereocenters. The molecule has 2 aromatic rings. The lowest BCUT2D eigenvalue weighted by Gasteiger charge is -2.35. The Bertz CT molecular complexity index is 1120. The van der Waals surface area contributed by atoms with Crippen LogP contribution in [0, 0.1) is 21.4 Å². The molecule has 0 amide bonds. The topological polar surface area (TPSA) is 138 Å². The second-order valence-electron chi connectivity index (χ2n) is 10.9. The number of unbranched alkanes of at least 4 members (excludes halogenated alkanes) is 3. The Morgan fingerprint density at radius 2 is 1.81 bits per heavy atom. The third-order valence-electron chi connectivity index (χ3n) is 6.64. The number of hydrogen-bond acceptors (Lipinski definition) is 10. The van der Waals surface area contributed by atoms with Crippen molar-refractivity contribution in [3.05, 3.63) is 51.3 Å². The number of ether oxygens (including phenoxy) is 2. The highest BCUT2D eigenvalue weighted by Crippen LogP contribution is 2.46. The molecule has 2 rings (SSSR count). The van der Waals surface area contributed by atoms with Gasteiger partial charge < -0.3 is 18.5 Å². The van der Waals surface area contributed by atoms with E-state index in [9.17, 15) is 10.1 Å². The van der Waals surface area contributed by atoms with E-state index in [1.54, 1.807) is 23.7 Å². The molecular formula is C30H49N6O6P. The fraction of sp³-hybridized carbons (Fsp3) is 0.700. The van der Waals surface area contributed by atoms with Crippen LogP contribution < -0.4 is 0 Å². The lowest BCUT2D eigenvalue weighted by molar-refractivity contribution is -0.386. The maximum atomic E-state index is 11.7. The van der Waals surface area contributed by atoms with Gasteiger partial charge in [0.15, 0.2) is 0 Å². The third kappa shape index (κ3) is 13.3. The number of nitriles is 1. The van der Waals surface area contributed by atoms with E-state index in [4.69, 9.17) is 23.8 Å². The van der Waals surface area contributed by atoms with Crippen LogP contribution in [0.2, 0.25) is 0 Å². The van der Waals surface area contributed by atoms with E-state index in [0.29, 0.717) is 44.8 Å². The minimum absolute atomic E-state index is 0.00414. The minimum Gasteiger partial charge on any atom is -0.355 e. The molecule has 0 saturated heterocycles. The Balaban J connectivity index is 1.85. The SMILES string of the molecule is CCCCCCc1cn(Cc2ccc([N+](=O)[O-])c(C(C)OCOCCCOP(OCCC#N)N(C(C)C)C(C)C)c2)nn1. The maximum absolute atomic E-state index is 11.7. The molecule has 13 heteroatoms. The quantitative estimate of drug-likeness (QED) is 0.0416. The number of nitro benzene ring substituents is 1. The summed E-state index contributed by atoms with van der Waals surface area (Å²) in [5.41, 5.74) is 2.32. The summed E-state index contributed by atoms with van der Waals surface area (Å²) in [6.07, 6.45) is 7.90. The van der Waals surface area contributed by atoms with Gasteiger partial charge in [-0.3, -0.25) is 10.1 Å². The van der Waals surface area contributed by atoms with Gasteiger partial charge in [-0.25, -0.2) is 9.35 Å². The first kappa shape index (κ1) is 36.7. The average Bonchev–Trinajstić information content (AvgIpc) is 3.41. The molecule has 1 aromatic heterocycles. The lowest BCUT2D eigenvalue weighted by Crippen LogP contribution is -2.33. The zero-order valence-corrected chi connectivity index (χ0v) is 27.5. The van der Waals surface area contributed by atoms with E-state index < -0.39 is 19.6 Å². The number of benzene rings is 1. The predicted molar refractivity (Wildman–Crippen MR) is 166 cm³/mol. The van der Waals surface area contributed by atoms with Crippen molar-refractivity contribution in [3.8, 4) is 6.07 Å². The van der Waals surface area contributed by atoms with Crippen LogP contribution in [0.25, 0.3) is 0 Å². The van der Waals surface area contributed by atoms with Crippen LogP contribution in [0.4, 0.5) is 5.69 Å². The summed E-state index contributed by atoms with van der Waals surface area (Å²) < 4.78 is 27.4. The zero-order chi connectivity index (χ0) is 31.6. The van der Waals surface area contributed by atoms with Crippen LogP contribution >= 0.6 is 8.53 Å². The van der Waals surface area contributed by atoms with E-state index in [2.05, 4.69) is 55.7 Å². The minimum atomic E-state index is -1.29. The summed E-state index contributed by atoms with van der Waals surface area (Å²) in [6.45, 7) is 13.9. The molecule has 0 saturated carbocycles. The lowest BCUT2D eigenvalue weighted by atomic mass is 10.0. The van der Waals surface area contributed by atoms with Gasteiger partial charge in [-0.1, -0.05) is 37.5 Å². The van der Waals surface area contributed by atoms with Gasteiger partial charge in [-0.05, 0) is 65.5 Å². The largest absolute Gasteiger partial charge is 0.355 e. The van der Waals surface area contributed by atoms with Crippen molar-refractivity contribution in [1.29, 1.82) is 5.26 Å². The Hall–Kier alpha value is -2.52. The van der Waals surface area contributed by atoms with Gasteiger partial charge >= 0.3 is 0 Å². The van der Waals surface area contributed by atoms with E-state index in [1.807, 2.05) is 6.20 Å². The van der Waals surface area contributed by atoms with Crippen LogP contribution in [0.5, 0.6) is 0 Å². The Morgan fingerprint density at radius 3 is 2.49 bits per heavy atom. The smallest absolute Gasteiger partial charge is 0.275 e. The van der Waals surface area contributed by atoms with Crippen molar-refractivity contribution in [1.82, 2.24) is 19.7 Å². The van der Waals surface area contributed by atoms with Gasteiger partial charge in [0.25, 0.3) is 14.2 Å². The highest BCUT2D eigenvalue weighted by Gasteiger charge is 2.27.